The molecular formula is C23H19Cl2NO4. The summed E-state index contributed by atoms with van der Waals surface area (Å²) in [6.07, 6.45) is 0.106. The van der Waals surface area contributed by atoms with Gasteiger partial charge in [0.2, 0.25) is 0 Å². The van der Waals surface area contributed by atoms with Gasteiger partial charge in [-0.3, -0.25) is 4.79 Å². The Labute approximate surface area is 184 Å². The number of halogens is 2. The van der Waals surface area contributed by atoms with E-state index in [2.05, 4.69) is 5.32 Å². The molecule has 0 bridgehead atoms. The number of ether oxygens (including phenoxy) is 1. The fraction of sp³-hybridized carbons (Fsp3) is 0.130. The molecule has 0 saturated heterocycles. The second-order valence-electron chi connectivity index (χ2n) is 6.56. The predicted octanol–water partition coefficient (Wildman–Crippen LogP) is 5.09. The van der Waals surface area contributed by atoms with Crippen molar-refractivity contribution >= 4 is 35.1 Å². The van der Waals surface area contributed by atoms with Crippen LogP contribution in [0.1, 0.15) is 15.9 Å². The fourth-order valence-corrected chi connectivity index (χ4v) is 3.65. The van der Waals surface area contributed by atoms with E-state index in [1.165, 1.54) is 12.1 Å². The lowest BCUT2D eigenvalue weighted by molar-refractivity contribution is -0.139. The summed E-state index contributed by atoms with van der Waals surface area (Å²) in [5.41, 5.74) is 2.68. The zero-order valence-electron chi connectivity index (χ0n) is 16.1. The molecule has 0 unspecified atom stereocenters. The summed E-state index contributed by atoms with van der Waals surface area (Å²) in [6, 6.07) is 18.6. The molecule has 0 aromatic heterocycles. The van der Waals surface area contributed by atoms with E-state index in [0.717, 1.165) is 22.4 Å². The summed E-state index contributed by atoms with van der Waals surface area (Å²) in [6.45, 7) is 0. The van der Waals surface area contributed by atoms with Crippen LogP contribution in [-0.2, 0) is 11.2 Å². The van der Waals surface area contributed by atoms with Gasteiger partial charge in [-0.1, -0.05) is 71.7 Å². The minimum absolute atomic E-state index is 0.0543. The van der Waals surface area contributed by atoms with Crippen LogP contribution >= 0.6 is 23.2 Å². The second-order valence-corrected chi connectivity index (χ2v) is 7.38. The van der Waals surface area contributed by atoms with Crippen LogP contribution in [0.3, 0.4) is 0 Å². The summed E-state index contributed by atoms with van der Waals surface area (Å²) in [7, 11) is 1.61. The highest BCUT2D eigenvalue weighted by Gasteiger charge is 2.23. The number of amides is 1. The van der Waals surface area contributed by atoms with Crippen LogP contribution in [0, 0.1) is 0 Å². The number of benzene rings is 3. The van der Waals surface area contributed by atoms with Gasteiger partial charge in [0.15, 0.2) is 0 Å². The maximum Gasteiger partial charge on any atom is 0.326 e. The average molecular weight is 444 g/mol. The molecule has 0 spiro atoms. The van der Waals surface area contributed by atoms with Gasteiger partial charge >= 0.3 is 5.97 Å². The van der Waals surface area contributed by atoms with Gasteiger partial charge in [-0.05, 0) is 29.3 Å². The van der Waals surface area contributed by atoms with Crippen LogP contribution in [0.2, 0.25) is 10.0 Å². The van der Waals surface area contributed by atoms with E-state index in [0.29, 0.717) is 0 Å². The van der Waals surface area contributed by atoms with Crippen molar-refractivity contribution < 1.29 is 19.4 Å². The quantitative estimate of drug-likeness (QED) is 0.532. The zero-order valence-corrected chi connectivity index (χ0v) is 17.6. The Morgan fingerprint density at radius 3 is 2.20 bits per heavy atom. The highest BCUT2D eigenvalue weighted by molar-refractivity contribution is 6.39. The molecule has 154 valence electrons. The number of carboxylic acid groups (broad SMARTS) is 1. The molecular weight excluding hydrogens is 425 g/mol. The number of para-hydroxylation sites is 1. The van der Waals surface area contributed by atoms with E-state index in [1.54, 1.807) is 13.2 Å². The van der Waals surface area contributed by atoms with Gasteiger partial charge in [0.25, 0.3) is 5.91 Å². The third-order valence-corrected chi connectivity index (χ3v) is 5.23. The summed E-state index contributed by atoms with van der Waals surface area (Å²) < 4.78 is 5.38. The van der Waals surface area contributed by atoms with E-state index in [4.69, 9.17) is 27.9 Å². The number of nitrogens with one attached hydrogen (secondary N) is 1. The van der Waals surface area contributed by atoms with Gasteiger partial charge in [0, 0.05) is 12.0 Å². The molecule has 3 rings (SSSR count). The molecule has 30 heavy (non-hydrogen) atoms. The third kappa shape index (κ3) is 4.93. The van der Waals surface area contributed by atoms with Gasteiger partial charge < -0.3 is 15.2 Å². The first kappa shape index (κ1) is 21.7. The topological polar surface area (TPSA) is 75.6 Å². The number of carboxylic acids is 1. The second kappa shape index (κ2) is 9.65. The Hall–Kier alpha value is -3.02. The van der Waals surface area contributed by atoms with Crippen LogP contribution < -0.4 is 10.1 Å². The van der Waals surface area contributed by atoms with Crippen molar-refractivity contribution in [3.63, 3.8) is 0 Å². The maximum atomic E-state index is 12.5. The Balaban J connectivity index is 1.77. The Morgan fingerprint density at radius 1 is 0.967 bits per heavy atom. The van der Waals surface area contributed by atoms with Crippen molar-refractivity contribution in [2.45, 2.75) is 12.5 Å². The van der Waals surface area contributed by atoms with Crippen LogP contribution in [-0.4, -0.2) is 30.1 Å². The molecule has 0 radical (unpaired) electrons. The van der Waals surface area contributed by atoms with Crippen molar-refractivity contribution in [3.05, 3.63) is 87.9 Å². The molecule has 0 aliphatic rings. The zero-order chi connectivity index (χ0) is 21.7. The number of hydrogen-bond acceptors (Lipinski definition) is 3. The highest BCUT2D eigenvalue weighted by Crippen LogP contribution is 2.30. The molecule has 0 saturated carbocycles. The number of aliphatic carboxylic acids is 1. The van der Waals surface area contributed by atoms with Gasteiger partial charge in [-0.15, -0.1) is 0 Å². The average Bonchev–Trinajstić information content (AvgIpc) is 2.73. The Kier molecular flexibility index (Phi) is 6.98. The van der Waals surface area contributed by atoms with Gasteiger partial charge in [0.1, 0.15) is 11.8 Å². The molecule has 0 heterocycles. The monoisotopic (exact) mass is 443 g/mol. The largest absolute Gasteiger partial charge is 0.496 e. The first-order valence-electron chi connectivity index (χ1n) is 9.10. The predicted molar refractivity (Wildman–Crippen MR) is 117 cm³/mol. The third-order valence-electron chi connectivity index (χ3n) is 4.60. The van der Waals surface area contributed by atoms with Crippen molar-refractivity contribution in [3.8, 4) is 16.9 Å². The molecule has 0 aliphatic carbocycles. The number of carbonyl (C=O) groups is 2. The minimum atomic E-state index is -1.15. The maximum absolute atomic E-state index is 12.5. The van der Waals surface area contributed by atoms with Crippen molar-refractivity contribution in [1.82, 2.24) is 5.32 Å². The van der Waals surface area contributed by atoms with Crippen LogP contribution in [0.5, 0.6) is 5.75 Å². The molecule has 7 heteroatoms. The van der Waals surface area contributed by atoms with E-state index in [9.17, 15) is 14.7 Å². The number of carbonyl (C=O) groups excluding carboxylic acids is 1. The molecule has 5 nitrogen and oxygen atoms in total. The molecule has 0 fully saturated rings. The molecule has 0 aliphatic heterocycles. The molecule has 3 aromatic carbocycles. The summed E-state index contributed by atoms with van der Waals surface area (Å²) in [5, 5.41) is 12.4. The summed E-state index contributed by atoms with van der Waals surface area (Å²) >= 11 is 12.1. The van der Waals surface area contributed by atoms with Crippen LogP contribution in [0.15, 0.2) is 66.7 Å². The van der Waals surface area contributed by atoms with Gasteiger partial charge in [0.05, 0.1) is 22.7 Å². The molecule has 3 aromatic rings. The molecule has 1 amide bonds. The SMILES string of the molecule is COc1ccccc1-c1ccc(C[C@@H](NC(=O)c2c(Cl)cccc2Cl)C(=O)O)cc1. The Bertz CT molecular complexity index is 1050. The van der Waals surface area contributed by atoms with E-state index in [-0.39, 0.29) is 22.0 Å². The lowest BCUT2D eigenvalue weighted by atomic mass is 10.00. The van der Waals surface area contributed by atoms with Crippen molar-refractivity contribution in [1.29, 1.82) is 0 Å². The molecule has 2 N–H and O–H groups in total. The minimum Gasteiger partial charge on any atom is -0.496 e. The number of rotatable bonds is 7. The first-order valence-corrected chi connectivity index (χ1v) is 9.86. The standard InChI is InChI=1S/C23H19Cl2NO4/c1-30-20-8-3-2-5-16(20)15-11-9-14(10-12-15)13-19(23(28)29)26-22(27)21-17(24)6-4-7-18(21)25/h2-12,19H,13H2,1H3,(H,26,27)(H,28,29)/t19-/m1/s1. The summed E-state index contributed by atoms with van der Waals surface area (Å²) in [5.74, 6) is -1.04. The number of hydrogen-bond donors (Lipinski definition) is 2. The summed E-state index contributed by atoms with van der Waals surface area (Å²) in [4.78, 5) is 24.3. The normalized spacial score (nSPS) is 11.6. The van der Waals surface area contributed by atoms with E-state index >= 15 is 0 Å². The molecule has 1 atom stereocenters. The van der Waals surface area contributed by atoms with E-state index in [1.807, 2.05) is 48.5 Å². The number of methoxy groups -OCH3 is 1. The lowest BCUT2D eigenvalue weighted by Crippen LogP contribution is -2.42. The van der Waals surface area contributed by atoms with Crippen molar-refractivity contribution in [2.75, 3.05) is 7.11 Å². The fourth-order valence-electron chi connectivity index (χ4n) is 3.08. The Morgan fingerprint density at radius 2 is 1.60 bits per heavy atom. The smallest absolute Gasteiger partial charge is 0.326 e. The van der Waals surface area contributed by atoms with E-state index < -0.39 is 17.9 Å². The van der Waals surface area contributed by atoms with Gasteiger partial charge in [-0.25, -0.2) is 4.79 Å². The van der Waals surface area contributed by atoms with Crippen LogP contribution in [0.4, 0.5) is 0 Å². The van der Waals surface area contributed by atoms with Crippen molar-refractivity contribution in [2.24, 2.45) is 0 Å². The first-order chi connectivity index (χ1) is 14.4. The van der Waals surface area contributed by atoms with Crippen LogP contribution in [0.25, 0.3) is 11.1 Å². The van der Waals surface area contributed by atoms with Gasteiger partial charge in [-0.2, -0.15) is 0 Å². The highest BCUT2D eigenvalue weighted by atomic mass is 35.5. The lowest BCUT2D eigenvalue weighted by Gasteiger charge is -2.16.